The van der Waals surface area contributed by atoms with E-state index in [0.29, 0.717) is 11.3 Å². The van der Waals surface area contributed by atoms with Crippen molar-refractivity contribution >= 4 is 40.3 Å². The summed E-state index contributed by atoms with van der Waals surface area (Å²) in [5.74, 6) is -0.145. The number of rotatable bonds is 4. The van der Waals surface area contributed by atoms with Crippen molar-refractivity contribution in [3.63, 3.8) is 0 Å². The molecule has 1 amide bonds. The summed E-state index contributed by atoms with van der Waals surface area (Å²) in [6.07, 6.45) is 0. The van der Waals surface area contributed by atoms with E-state index in [1.807, 2.05) is 28.7 Å². The van der Waals surface area contributed by atoms with Crippen LogP contribution in [0.3, 0.4) is 0 Å². The zero-order chi connectivity index (χ0) is 14.5. The Bertz CT molecular complexity index is 639. The number of aryl methyl sites for hydroxylation is 1. The number of aromatic nitrogens is 1. The fourth-order valence-corrected chi connectivity index (χ4v) is 2.05. The Morgan fingerprint density at radius 2 is 2.15 bits per heavy atom. The van der Waals surface area contributed by atoms with Crippen molar-refractivity contribution < 1.29 is 18.8 Å². The molecule has 0 aliphatic rings. The van der Waals surface area contributed by atoms with Gasteiger partial charge in [-0.3, -0.25) is 4.79 Å². The predicted molar refractivity (Wildman–Crippen MR) is 79.3 cm³/mol. The molecule has 1 N–H and O–H groups in total. The maximum atomic E-state index is 11.8. The monoisotopic (exact) mass is 386 g/mol. The molecule has 2 aromatic rings. The summed E-state index contributed by atoms with van der Waals surface area (Å²) in [5, 5.41) is 6.07. The van der Waals surface area contributed by atoms with Gasteiger partial charge in [-0.25, -0.2) is 4.79 Å². The van der Waals surface area contributed by atoms with Crippen LogP contribution in [0.25, 0.3) is 0 Å². The first-order valence-electron chi connectivity index (χ1n) is 5.71. The first-order valence-corrected chi connectivity index (χ1v) is 6.79. The van der Waals surface area contributed by atoms with E-state index in [2.05, 4.69) is 10.5 Å². The fraction of sp³-hybridized carbons (Fsp3) is 0.154. The van der Waals surface area contributed by atoms with Crippen molar-refractivity contribution in [1.82, 2.24) is 5.16 Å². The van der Waals surface area contributed by atoms with E-state index in [1.165, 1.54) is 0 Å². The lowest BCUT2D eigenvalue weighted by Gasteiger charge is -2.05. The Morgan fingerprint density at radius 1 is 1.40 bits per heavy atom. The number of carbonyl (C=O) groups excluding carboxylic acids is 2. The lowest BCUT2D eigenvalue weighted by molar-refractivity contribution is -0.119. The quantitative estimate of drug-likeness (QED) is 0.645. The van der Waals surface area contributed by atoms with E-state index in [0.717, 1.165) is 3.57 Å². The van der Waals surface area contributed by atoms with Crippen molar-refractivity contribution in [3.05, 3.63) is 45.2 Å². The third-order valence-corrected chi connectivity index (χ3v) is 3.26. The predicted octanol–water partition coefficient (Wildman–Crippen LogP) is 2.38. The Morgan fingerprint density at radius 3 is 2.80 bits per heavy atom. The Hall–Kier alpha value is -1.90. The SMILES string of the molecule is Cc1cc(NC(=O)COC(=O)c2ccccc2I)no1. The van der Waals surface area contributed by atoms with Crippen molar-refractivity contribution in [2.75, 3.05) is 11.9 Å². The topological polar surface area (TPSA) is 81.4 Å². The second-order valence-electron chi connectivity index (χ2n) is 3.93. The highest BCUT2D eigenvalue weighted by atomic mass is 127. The van der Waals surface area contributed by atoms with Crippen molar-refractivity contribution in [2.45, 2.75) is 6.92 Å². The van der Waals surface area contributed by atoms with Gasteiger partial charge >= 0.3 is 5.97 Å². The molecule has 6 nitrogen and oxygen atoms in total. The molecule has 0 saturated carbocycles. The van der Waals surface area contributed by atoms with Gasteiger partial charge in [-0.05, 0) is 41.6 Å². The molecule has 0 saturated heterocycles. The summed E-state index contributed by atoms with van der Waals surface area (Å²) < 4.78 is 10.5. The fourth-order valence-electron chi connectivity index (χ4n) is 1.44. The highest BCUT2D eigenvalue weighted by Gasteiger charge is 2.13. The van der Waals surface area contributed by atoms with Crippen molar-refractivity contribution in [3.8, 4) is 0 Å². The number of amides is 1. The van der Waals surface area contributed by atoms with Crippen LogP contribution < -0.4 is 5.32 Å². The normalized spacial score (nSPS) is 10.1. The lowest BCUT2D eigenvalue weighted by Crippen LogP contribution is -2.21. The highest BCUT2D eigenvalue weighted by molar-refractivity contribution is 14.1. The number of ether oxygens (including phenoxy) is 1. The largest absolute Gasteiger partial charge is 0.452 e. The molecule has 1 heterocycles. The van der Waals surface area contributed by atoms with Gasteiger partial charge in [0.15, 0.2) is 12.4 Å². The van der Waals surface area contributed by atoms with Gasteiger partial charge in [0.25, 0.3) is 5.91 Å². The third-order valence-electron chi connectivity index (χ3n) is 2.32. The van der Waals surface area contributed by atoms with Crippen molar-refractivity contribution in [1.29, 1.82) is 0 Å². The van der Waals surface area contributed by atoms with Gasteiger partial charge in [-0.2, -0.15) is 0 Å². The summed E-state index contributed by atoms with van der Waals surface area (Å²) in [4.78, 5) is 23.4. The smallest absolute Gasteiger partial charge is 0.339 e. The Labute approximate surface area is 128 Å². The number of benzene rings is 1. The first-order chi connectivity index (χ1) is 9.56. The second kappa shape index (κ2) is 6.51. The average Bonchev–Trinajstić information content (AvgIpc) is 2.82. The Balaban J connectivity index is 1.87. The molecule has 0 radical (unpaired) electrons. The van der Waals surface area contributed by atoms with Gasteiger partial charge in [0, 0.05) is 9.64 Å². The third kappa shape index (κ3) is 3.80. The number of carbonyl (C=O) groups is 2. The molecule has 0 aliphatic heterocycles. The zero-order valence-electron chi connectivity index (χ0n) is 10.6. The highest BCUT2D eigenvalue weighted by Crippen LogP contribution is 2.12. The molecule has 0 bridgehead atoms. The van der Waals surface area contributed by atoms with Crippen LogP contribution in [-0.2, 0) is 9.53 Å². The molecule has 0 aliphatic carbocycles. The van der Waals surface area contributed by atoms with Crippen LogP contribution in [0.5, 0.6) is 0 Å². The summed E-state index contributed by atoms with van der Waals surface area (Å²) in [6.45, 7) is 1.33. The van der Waals surface area contributed by atoms with Gasteiger partial charge in [0.2, 0.25) is 0 Å². The van der Waals surface area contributed by atoms with E-state index in [-0.39, 0.29) is 12.4 Å². The van der Waals surface area contributed by atoms with Gasteiger partial charge in [-0.1, -0.05) is 17.3 Å². The number of esters is 1. The lowest BCUT2D eigenvalue weighted by atomic mass is 10.2. The van der Waals surface area contributed by atoms with Crippen LogP contribution in [0.4, 0.5) is 5.82 Å². The maximum absolute atomic E-state index is 11.8. The molecule has 20 heavy (non-hydrogen) atoms. The van der Waals surface area contributed by atoms with Gasteiger partial charge < -0.3 is 14.6 Å². The molecule has 7 heteroatoms. The summed E-state index contributed by atoms with van der Waals surface area (Å²) in [5.41, 5.74) is 0.429. The van der Waals surface area contributed by atoms with Crippen LogP contribution in [0.1, 0.15) is 16.1 Å². The van der Waals surface area contributed by atoms with E-state index >= 15 is 0 Å². The molecule has 1 aromatic carbocycles. The average molecular weight is 386 g/mol. The number of halogens is 1. The second-order valence-corrected chi connectivity index (χ2v) is 5.09. The standard InChI is InChI=1S/C13H11IN2O4/c1-8-6-11(16-20-8)15-12(17)7-19-13(18)9-4-2-3-5-10(9)14/h2-6H,7H2,1H3,(H,15,16,17). The summed E-state index contributed by atoms with van der Waals surface area (Å²) in [6, 6.07) is 8.55. The first kappa shape index (κ1) is 14.5. The molecule has 0 fully saturated rings. The van der Waals surface area contributed by atoms with E-state index in [4.69, 9.17) is 9.26 Å². The van der Waals surface area contributed by atoms with Crippen LogP contribution in [0, 0.1) is 10.5 Å². The minimum Gasteiger partial charge on any atom is -0.452 e. The molecule has 0 unspecified atom stereocenters. The molecular formula is C13H11IN2O4. The van der Waals surface area contributed by atoms with Crippen LogP contribution >= 0.6 is 22.6 Å². The van der Waals surface area contributed by atoms with E-state index < -0.39 is 11.9 Å². The van der Waals surface area contributed by atoms with Gasteiger partial charge in [0.05, 0.1) is 5.56 Å². The molecule has 0 atom stereocenters. The van der Waals surface area contributed by atoms with E-state index in [1.54, 1.807) is 31.2 Å². The number of nitrogens with one attached hydrogen (secondary N) is 1. The molecule has 2 rings (SSSR count). The van der Waals surface area contributed by atoms with Gasteiger partial charge in [0.1, 0.15) is 5.76 Å². The van der Waals surface area contributed by atoms with Crippen molar-refractivity contribution in [2.24, 2.45) is 0 Å². The molecule has 104 valence electrons. The minimum absolute atomic E-state index is 0.290. The number of hydrogen-bond acceptors (Lipinski definition) is 5. The maximum Gasteiger partial charge on any atom is 0.339 e. The number of anilines is 1. The zero-order valence-corrected chi connectivity index (χ0v) is 12.7. The van der Waals surface area contributed by atoms with Gasteiger partial charge in [-0.15, -0.1) is 0 Å². The molecule has 0 spiro atoms. The van der Waals surface area contributed by atoms with E-state index in [9.17, 15) is 9.59 Å². The summed E-state index contributed by atoms with van der Waals surface area (Å²) in [7, 11) is 0. The number of nitrogens with zero attached hydrogens (tertiary/aromatic N) is 1. The van der Waals surface area contributed by atoms with Crippen LogP contribution in [0.2, 0.25) is 0 Å². The molecular weight excluding hydrogens is 375 g/mol. The summed E-state index contributed by atoms with van der Waals surface area (Å²) >= 11 is 2.03. The van der Waals surface area contributed by atoms with Crippen LogP contribution in [0.15, 0.2) is 34.9 Å². The molecule has 1 aromatic heterocycles. The number of hydrogen-bond donors (Lipinski definition) is 1. The van der Waals surface area contributed by atoms with Crippen LogP contribution in [-0.4, -0.2) is 23.6 Å². The Kier molecular flexibility index (Phi) is 4.72. The minimum atomic E-state index is -0.540.